The van der Waals surface area contributed by atoms with Crippen molar-refractivity contribution in [3.05, 3.63) is 64.1 Å². The minimum Gasteiger partial charge on any atom is -0.392 e. The van der Waals surface area contributed by atoms with Gasteiger partial charge in [0.05, 0.1) is 6.10 Å². The van der Waals surface area contributed by atoms with E-state index in [9.17, 15) is 5.11 Å². The molecule has 1 nitrogen and oxygen atoms in total. The number of hydrogen-bond donors (Lipinski definition) is 1. The van der Waals surface area contributed by atoms with Crippen molar-refractivity contribution in [3.8, 4) is 0 Å². The highest BCUT2D eigenvalue weighted by atomic mass is 79.9. The average molecular weight is 337 g/mol. The maximum absolute atomic E-state index is 10.1. The fourth-order valence-corrected chi connectivity index (χ4v) is 3.29. The fraction of sp³-hybridized carbons (Fsp3) is 0.250. The van der Waals surface area contributed by atoms with Gasteiger partial charge in [-0.2, -0.15) is 0 Å². The Morgan fingerprint density at radius 1 is 1.16 bits per heavy atom. The highest BCUT2D eigenvalue weighted by molar-refractivity contribution is 9.10. The van der Waals surface area contributed by atoms with Gasteiger partial charge in [-0.05, 0) is 43.2 Å². The first kappa shape index (κ1) is 14.6. The highest BCUT2D eigenvalue weighted by Gasteiger charge is 2.07. The third kappa shape index (κ3) is 5.01. The van der Waals surface area contributed by atoms with E-state index in [1.165, 1.54) is 10.5 Å². The number of rotatable bonds is 5. The Labute approximate surface area is 127 Å². The first-order chi connectivity index (χ1) is 9.13. The van der Waals surface area contributed by atoms with Gasteiger partial charge in [-0.3, -0.25) is 0 Å². The van der Waals surface area contributed by atoms with Crippen molar-refractivity contribution in [2.75, 3.05) is 5.75 Å². The summed E-state index contributed by atoms with van der Waals surface area (Å²) in [4.78, 5) is 1.22. The van der Waals surface area contributed by atoms with Crippen LogP contribution in [0.5, 0.6) is 0 Å². The van der Waals surface area contributed by atoms with Crippen molar-refractivity contribution in [2.45, 2.75) is 24.3 Å². The number of benzene rings is 2. The molecule has 0 aromatic heterocycles. The molecular weight excluding hydrogens is 320 g/mol. The molecule has 0 aliphatic rings. The van der Waals surface area contributed by atoms with Crippen LogP contribution in [-0.2, 0) is 6.42 Å². The van der Waals surface area contributed by atoms with Crippen LogP contribution < -0.4 is 0 Å². The lowest BCUT2D eigenvalue weighted by Gasteiger charge is -2.11. The Hall–Kier alpha value is -0.770. The van der Waals surface area contributed by atoms with Crippen LogP contribution in [0.3, 0.4) is 0 Å². The van der Waals surface area contributed by atoms with Gasteiger partial charge in [0.2, 0.25) is 0 Å². The summed E-state index contributed by atoms with van der Waals surface area (Å²) >= 11 is 5.15. The predicted molar refractivity (Wildman–Crippen MR) is 85.8 cm³/mol. The van der Waals surface area contributed by atoms with Crippen LogP contribution in [0.15, 0.2) is 57.9 Å². The topological polar surface area (TPSA) is 20.2 Å². The SMILES string of the molecule is Cc1cccc(SCC(O)Cc2cccc(Br)c2)c1. The Morgan fingerprint density at radius 2 is 1.95 bits per heavy atom. The molecule has 0 fully saturated rings. The normalized spacial score (nSPS) is 12.4. The Morgan fingerprint density at radius 3 is 2.68 bits per heavy atom. The van der Waals surface area contributed by atoms with E-state index in [-0.39, 0.29) is 6.10 Å². The molecule has 0 radical (unpaired) electrons. The van der Waals surface area contributed by atoms with Crippen molar-refractivity contribution in [3.63, 3.8) is 0 Å². The van der Waals surface area contributed by atoms with Gasteiger partial charge in [0.15, 0.2) is 0 Å². The predicted octanol–water partition coefficient (Wildman–Crippen LogP) is 4.45. The van der Waals surface area contributed by atoms with Crippen LogP contribution in [0.2, 0.25) is 0 Å². The lowest BCUT2D eigenvalue weighted by molar-refractivity contribution is 0.200. The lowest BCUT2D eigenvalue weighted by atomic mass is 10.1. The maximum Gasteiger partial charge on any atom is 0.0674 e. The van der Waals surface area contributed by atoms with Gasteiger partial charge in [0.25, 0.3) is 0 Å². The van der Waals surface area contributed by atoms with E-state index in [1.807, 2.05) is 18.2 Å². The molecular formula is C16H17BrOS. The van der Waals surface area contributed by atoms with E-state index in [4.69, 9.17) is 0 Å². The molecule has 1 N–H and O–H groups in total. The van der Waals surface area contributed by atoms with Crippen molar-refractivity contribution in [2.24, 2.45) is 0 Å². The van der Waals surface area contributed by atoms with Crippen LogP contribution in [0, 0.1) is 6.92 Å². The van der Waals surface area contributed by atoms with E-state index in [1.54, 1.807) is 11.8 Å². The van der Waals surface area contributed by atoms with Crippen molar-refractivity contribution < 1.29 is 5.11 Å². The van der Waals surface area contributed by atoms with E-state index in [0.29, 0.717) is 6.42 Å². The summed E-state index contributed by atoms with van der Waals surface area (Å²) in [6.07, 6.45) is 0.373. The fourth-order valence-electron chi connectivity index (χ4n) is 1.89. The second kappa shape index (κ2) is 7.13. The van der Waals surface area contributed by atoms with Gasteiger partial charge in [-0.15, -0.1) is 11.8 Å². The van der Waals surface area contributed by atoms with Gasteiger partial charge in [0, 0.05) is 15.1 Å². The highest BCUT2D eigenvalue weighted by Crippen LogP contribution is 2.21. The second-order valence-electron chi connectivity index (χ2n) is 4.62. The molecule has 0 aliphatic carbocycles. The quantitative estimate of drug-likeness (QED) is 0.814. The summed E-state index contributed by atoms with van der Waals surface area (Å²) in [5.41, 5.74) is 2.41. The molecule has 0 spiro atoms. The first-order valence-electron chi connectivity index (χ1n) is 6.25. The summed E-state index contributed by atoms with van der Waals surface area (Å²) in [6.45, 7) is 2.09. The second-order valence-corrected chi connectivity index (χ2v) is 6.62. The van der Waals surface area contributed by atoms with Gasteiger partial charge in [-0.1, -0.05) is 45.8 Å². The molecule has 1 unspecified atom stereocenters. The van der Waals surface area contributed by atoms with Crippen molar-refractivity contribution in [1.29, 1.82) is 0 Å². The molecule has 2 aromatic rings. The summed E-state index contributed by atoms with van der Waals surface area (Å²) in [5.74, 6) is 0.718. The Balaban J connectivity index is 1.86. The van der Waals surface area contributed by atoms with E-state index in [0.717, 1.165) is 15.8 Å². The first-order valence-corrected chi connectivity index (χ1v) is 8.03. The van der Waals surface area contributed by atoms with Crippen molar-refractivity contribution >= 4 is 27.7 Å². The van der Waals surface area contributed by atoms with Crippen molar-refractivity contribution in [1.82, 2.24) is 0 Å². The molecule has 1 atom stereocenters. The van der Waals surface area contributed by atoms with E-state index in [2.05, 4.69) is 53.2 Å². The van der Waals surface area contributed by atoms with Gasteiger partial charge >= 0.3 is 0 Å². The standard InChI is InChI=1S/C16H17BrOS/c1-12-4-2-7-16(8-12)19-11-15(18)10-13-5-3-6-14(17)9-13/h2-9,15,18H,10-11H2,1H3. The van der Waals surface area contributed by atoms with Crippen LogP contribution in [0.4, 0.5) is 0 Å². The number of aliphatic hydroxyl groups excluding tert-OH is 1. The number of aryl methyl sites for hydroxylation is 1. The summed E-state index contributed by atoms with van der Waals surface area (Å²) in [6, 6.07) is 16.5. The average Bonchev–Trinajstić information content (AvgIpc) is 2.36. The van der Waals surface area contributed by atoms with Gasteiger partial charge < -0.3 is 5.11 Å². The van der Waals surface area contributed by atoms with Gasteiger partial charge in [0.1, 0.15) is 0 Å². The molecule has 2 aromatic carbocycles. The molecule has 0 aliphatic heterocycles. The van der Waals surface area contributed by atoms with Crippen LogP contribution in [0.25, 0.3) is 0 Å². The molecule has 19 heavy (non-hydrogen) atoms. The molecule has 0 saturated heterocycles. The molecule has 2 rings (SSSR count). The van der Waals surface area contributed by atoms with E-state index < -0.39 is 0 Å². The molecule has 3 heteroatoms. The number of halogens is 1. The minimum atomic E-state index is -0.320. The molecule has 0 bridgehead atoms. The molecule has 0 saturated carbocycles. The largest absolute Gasteiger partial charge is 0.392 e. The molecule has 0 amide bonds. The summed E-state index contributed by atoms with van der Waals surface area (Å²) in [7, 11) is 0. The number of hydrogen-bond acceptors (Lipinski definition) is 2. The number of thioether (sulfide) groups is 1. The van der Waals surface area contributed by atoms with Crippen LogP contribution in [-0.4, -0.2) is 17.0 Å². The summed E-state index contributed by atoms with van der Waals surface area (Å²) < 4.78 is 1.06. The Kier molecular flexibility index (Phi) is 5.49. The summed E-state index contributed by atoms with van der Waals surface area (Å²) in [5, 5.41) is 10.1. The smallest absolute Gasteiger partial charge is 0.0674 e. The van der Waals surface area contributed by atoms with E-state index >= 15 is 0 Å². The van der Waals surface area contributed by atoms with Crippen LogP contribution in [0.1, 0.15) is 11.1 Å². The monoisotopic (exact) mass is 336 g/mol. The Bertz CT molecular complexity index is 542. The zero-order valence-corrected chi connectivity index (χ0v) is 13.2. The number of aliphatic hydroxyl groups is 1. The zero-order chi connectivity index (χ0) is 13.7. The maximum atomic E-state index is 10.1. The lowest BCUT2D eigenvalue weighted by Crippen LogP contribution is -2.13. The van der Waals surface area contributed by atoms with Crippen LogP contribution >= 0.6 is 27.7 Å². The van der Waals surface area contributed by atoms with Gasteiger partial charge in [-0.25, -0.2) is 0 Å². The molecule has 0 heterocycles. The minimum absolute atomic E-state index is 0.320. The molecule has 100 valence electrons. The third-order valence-electron chi connectivity index (χ3n) is 2.79. The zero-order valence-electron chi connectivity index (χ0n) is 10.8. The third-order valence-corrected chi connectivity index (χ3v) is 4.42.